The molecule has 0 aliphatic heterocycles. The molecule has 0 aromatic heterocycles. The van der Waals surface area contributed by atoms with E-state index in [4.69, 9.17) is 36.9 Å². The van der Waals surface area contributed by atoms with Crippen molar-refractivity contribution in [3.8, 4) is 11.5 Å². The average molecular weight is 761 g/mol. The van der Waals surface area contributed by atoms with Gasteiger partial charge < -0.3 is 14.6 Å². The van der Waals surface area contributed by atoms with Crippen molar-refractivity contribution in [2.75, 3.05) is 19.5 Å². The smallest absolute Gasteiger partial charge is 0.265 e. The zero-order chi connectivity index (χ0) is 30.9. The van der Waals surface area contributed by atoms with Crippen LogP contribution < -0.4 is 9.47 Å². The van der Waals surface area contributed by atoms with Gasteiger partial charge in [0.2, 0.25) is 0 Å². The van der Waals surface area contributed by atoms with Gasteiger partial charge in [-0.05, 0) is 85.6 Å². The maximum Gasteiger partial charge on any atom is 0.265 e. The second-order valence-electron chi connectivity index (χ2n) is 8.92. The summed E-state index contributed by atoms with van der Waals surface area (Å²) in [5.41, 5.74) is 2.69. The third-order valence-electron chi connectivity index (χ3n) is 5.76. The minimum atomic E-state index is -3.67. The van der Waals surface area contributed by atoms with Crippen molar-refractivity contribution >= 4 is 65.2 Å². The molecule has 224 valence electrons. The number of aliphatic hydroxyl groups is 1. The molecule has 0 spiro atoms. The monoisotopic (exact) mass is 758 g/mol. The fraction of sp³-hybridized carbons (Fsp3) is 0.226. The van der Waals surface area contributed by atoms with E-state index >= 15 is 0 Å². The Kier molecular flexibility index (Phi) is 13.2. The highest BCUT2D eigenvalue weighted by atomic mass is 79.9. The first-order chi connectivity index (χ1) is 19.9. The van der Waals surface area contributed by atoms with Crippen LogP contribution in [0.1, 0.15) is 48.3 Å². The molecule has 2 atom stereocenters. The first-order valence-corrected chi connectivity index (χ1v) is 17.0. The van der Waals surface area contributed by atoms with Crippen LogP contribution in [-0.4, -0.2) is 33.0 Å². The quantitative estimate of drug-likeness (QED) is 0.163. The Balaban J connectivity index is 0.000000235. The lowest BCUT2D eigenvalue weighted by Gasteiger charge is -2.19. The molecule has 42 heavy (non-hydrogen) atoms. The van der Waals surface area contributed by atoms with Crippen LogP contribution in [-0.2, 0) is 14.3 Å². The second-order valence-corrected chi connectivity index (χ2v) is 13.2. The molecule has 0 bridgehead atoms. The van der Waals surface area contributed by atoms with Gasteiger partial charge in [-0.15, -0.1) is 0 Å². The third kappa shape index (κ3) is 10.3. The van der Waals surface area contributed by atoms with Crippen molar-refractivity contribution < 1.29 is 27.2 Å². The lowest BCUT2D eigenvalue weighted by molar-refractivity contribution is 0.220. The van der Waals surface area contributed by atoms with Crippen LogP contribution in [0.15, 0.2) is 93.9 Å². The first-order valence-electron chi connectivity index (χ1n) is 12.8. The van der Waals surface area contributed by atoms with Crippen LogP contribution in [0.3, 0.4) is 0 Å². The lowest BCUT2D eigenvalue weighted by Crippen LogP contribution is -2.12. The van der Waals surface area contributed by atoms with Crippen molar-refractivity contribution in [2.24, 2.45) is 0 Å². The van der Waals surface area contributed by atoms with Gasteiger partial charge in [0.05, 0.1) is 19.5 Å². The average Bonchev–Trinajstić information content (AvgIpc) is 2.95. The molecule has 11 heteroatoms. The van der Waals surface area contributed by atoms with Gasteiger partial charge in [0.25, 0.3) is 10.1 Å². The molecule has 0 radical (unpaired) electrons. The van der Waals surface area contributed by atoms with Crippen molar-refractivity contribution in [1.29, 1.82) is 0 Å². The van der Waals surface area contributed by atoms with E-state index in [0.29, 0.717) is 45.7 Å². The Labute approximate surface area is 273 Å². The van der Waals surface area contributed by atoms with Crippen LogP contribution in [0, 0.1) is 0 Å². The molecule has 4 aromatic carbocycles. The molecule has 0 saturated heterocycles. The van der Waals surface area contributed by atoms with Gasteiger partial charge in [0.15, 0.2) is 0 Å². The summed E-state index contributed by atoms with van der Waals surface area (Å²) in [6.07, 6.45) is -0.563. The van der Waals surface area contributed by atoms with Crippen molar-refractivity contribution in [2.45, 2.75) is 26.1 Å². The fourth-order valence-electron chi connectivity index (χ4n) is 3.90. The Bertz CT molecular complexity index is 1570. The Morgan fingerprint density at radius 3 is 1.60 bits per heavy atom. The van der Waals surface area contributed by atoms with Gasteiger partial charge >= 0.3 is 0 Å². The summed E-state index contributed by atoms with van der Waals surface area (Å²) in [6, 6.07) is 25.1. The molecule has 0 heterocycles. The standard InChI is InChI=1S/C16H16BrClO4S.C15H14BrClO2/c1-3-21-13-7-4-11(5-8-13)16(22-23(2,19)20)14-10-12(17)6-9-15(14)18;1-2-19-12-6-3-10(4-7-12)15(18)13-9-11(16)5-8-14(13)17/h4-10,16H,3H2,1-2H3;3-9,15,18H,2H2,1H3. The predicted octanol–water partition coefficient (Wildman–Crippen LogP) is 9.15. The molecule has 0 aliphatic carbocycles. The molecule has 2 unspecified atom stereocenters. The molecule has 0 amide bonds. The highest BCUT2D eigenvalue weighted by Gasteiger charge is 2.23. The van der Waals surface area contributed by atoms with E-state index in [-0.39, 0.29) is 0 Å². The zero-order valence-electron chi connectivity index (χ0n) is 23.1. The molecule has 0 aliphatic rings. The van der Waals surface area contributed by atoms with Gasteiger partial charge in [-0.2, -0.15) is 8.42 Å². The molecular weight excluding hydrogens is 731 g/mol. The van der Waals surface area contributed by atoms with Crippen molar-refractivity contribution in [3.05, 3.63) is 126 Å². The Morgan fingerprint density at radius 1 is 0.714 bits per heavy atom. The maximum atomic E-state index is 11.7. The summed E-state index contributed by atoms with van der Waals surface area (Å²) >= 11 is 19.1. The number of hydrogen-bond donors (Lipinski definition) is 1. The van der Waals surface area contributed by atoms with Crippen molar-refractivity contribution in [1.82, 2.24) is 0 Å². The number of benzene rings is 4. The van der Waals surface area contributed by atoms with E-state index in [1.165, 1.54) is 0 Å². The summed E-state index contributed by atoms with van der Waals surface area (Å²) in [7, 11) is -3.67. The molecular formula is C31H30Br2Cl2O6S. The van der Waals surface area contributed by atoms with Crippen LogP contribution in [0.2, 0.25) is 10.0 Å². The molecule has 4 aromatic rings. The predicted molar refractivity (Wildman–Crippen MR) is 175 cm³/mol. The van der Waals surface area contributed by atoms with Crippen LogP contribution in [0.4, 0.5) is 0 Å². The van der Waals surface area contributed by atoms with Crippen molar-refractivity contribution in [3.63, 3.8) is 0 Å². The van der Waals surface area contributed by atoms with Gasteiger partial charge in [-0.1, -0.05) is 79.3 Å². The largest absolute Gasteiger partial charge is 0.494 e. The molecule has 0 fully saturated rings. The summed E-state index contributed by atoms with van der Waals surface area (Å²) in [5.74, 6) is 1.49. The van der Waals surface area contributed by atoms with E-state index in [1.54, 1.807) is 48.5 Å². The number of rotatable bonds is 10. The summed E-state index contributed by atoms with van der Waals surface area (Å²) in [6.45, 7) is 5.01. The fourth-order valence-corrected chi connectivity index (χ4v) is 5.66. The van der Waals surface area contributed by atoms with Crippen LogP contribution in [0.5, 0.6) is 11.5 Å². The second kappa shape index (κ2) is 16.1. The minimum Gasteiger partial charge on any atom is -0.494 e. The number of ether oxygens (including phenoxy) is 2. The van der Waals surface area contributed by atoms with E-state index in [0.717, 1.165) is 26.5 Å². The number of aliphatic hydroxyl groups excluding tert-OH is 1. The topological polar surface area (TPSA) is 82.1 Å². The van der Waals surface area contributed by atoms with Crippen LogP contribution in [0.25, 0.3) is 0 Å². The zero-order valence-corrected chi connectivity index (χ0v) is 28.6. The maximum absolute atomic E-state index is 11.7. The molecule has 0 saturated carbocycles. The third-order valence-corrected chi connectivity index (χ3v) is 7.98. The van der Waals surface area contributed by atoms with Gasteiger partial charge in [0.1, 0.15) is 23.7 Å². The Hall–Kier alpha value is -2.11. The summed E-state index contributed by atoms with van der Waals surface area (Å²) in [4.78, 5) is 0. The Morgan fingerprint density at radius 2 is 1.14 bits per heavy atom. The number of hydrogen-bond acceptors (Lipinski definition) is 6. The summed E-state index contributed by atoms with van der Waals surface area (Å²) < 4.78 is 41.0. The van der Waals surface area contributed by atoms with E-state index in [2.05, 4.69) is 31.9 Å². The number of halogens is 4. The first kappa shape index (κ1) is 34.4. The van der Waals surface area contributed by atoms with E-state index in [1.807, 2.05) is 50.2 Å². The lowest BCUT2D eigenvalue weighted by atomic mass is 10.0. The van der Waals surface area contributed by atoms with Gasteiger partial charge in [0, 0.05) is 30.1 Å². The highest BCUT2D eigenvalue weighted by molar-refractivity contribution is 9.10. The summed E-state index contributed by atoms with van der Waals surface area (Å²) in [5, 5.41) is 11.3. The minimum absolute atomic E-state index is 0.427. The van der Waals surface area contributed by atoms with Crippen LogP contribution >= 0.6 is 55.1 Å². The van der Waals surface area contributed by atoms with Gasteiger partial charge in [-0.25, -0.2) is 0 Å². The SMILES string of the molecule is CCOc1ccc(C(O)c2cc(Br)ccc2Cl)cc1.CCOc1ccc(C(OS(C)(=O)=O)c2cc(Br)ccc2Cl)cc1. The molecule has 6 nitrogen and oxygen atoms in total. The molecule has 4 rings (SSSR count). The van der Waals surface area contributed by atoms with E-state index < -0.39 is 22.3 Å². The van der Waals surface area contributed by atoms with E-state index in [9.17, 15) is 13.5 Å². The normalized spacial score (nSPS) is 12.6. The highest BCUT2D eigenvalue weighted by Crippen LogP contribution is 2.35. The van der Waals surface area contributed by atoms with Gasteiger partial charge in [-0.3, -0.25) is 4.18 Å². The molecule has 1 N–H and O–H groups in total.